The molecule has 0 aromatic heterocycles. The lowest BCUT2D eigenvalue weighted by Gasteiger charge is -2.39. The molecule has 0 aliphatic carbocycles. The highest BCUT2D eigenvalue weighted by molar-refractivity contribution is 5.80. The van der Waals surface area contributed by atoms with E-state index in [0.29, 0.717) is 44.4 Å². The van der Waals surface area contributed by atoms with Crippen molar-refractivity contribution in [2.24, 2.45) is 29.6 Å². The summed E-state index contributed by atoms with van der Waals surface area (Å²) in [6.07, 6.45) is 13.6. The number of carboxylic acid groups (broad SMARTS) is 1. The third-order valence-electron chi connectivity index (χ3n) is 10.2. The van der Waals surface area contributed by atoms with E-state index in [1.807, 2.05) is 33.8 Å². The van der Waals surface area contributed by atoms with Gasteiger partial charge in [0.25, 0.3) is 0 Å². The summed E-state index contributed by atoms with van der Waals surface area (Å²) in [5, 5.41) is 50.7. The number of carbonyl (C=O) groups is 2. The van der Waals surface area contributed by atoms with Crippen LogP contribution in [0.4, 0.5) is 0 Å². The van der Waals surface area contributed by atoms with Crippen molar-refractivity contribution in [1.29, 1.82) is 0 Å². The van der Waals surface area contributed by atoms with E-state index in [0.717, 1.165) is 57.8 Å². The second kappa shape index (κ2) is 20.8. The highest BCUT2D eigenvalue weighted by Crippen LogP contribution is 2.35. The molecule has 8 heteroatoms. The zero-order valence-electron chi connectivity index (χ0n) is 29.5. The highest BCUT2D eigenvalue weighted by Gasteiger charge is 2.38. The summed E-state index contributed by atoms with van der Waals surface area (Å²) >= 11 is 0. The van der Waals surface area contributed by atoms with Gasteiger partial charge in [0, 0.05) is 18.3 Å². The zero-order valence-corrected chi connectivity index (χ0v) is 29.5. The molecular weight excluding hydrogens is 572 g/mol. The smallest absolute Gasteiger partial charge is 0.305 e. The van der Waals surface area contributed by atoms with Crippen LogP contribution >= 0.6 is 0 Å². The molecule has 45 heavy (non-hydrogen) atoms. The lowest BCUT2D eigenvalue weighted by Crippen LogP contribution is -2.44. The second-order valence-electron chi connectivity index (χ2n) is 15.0. The molecule has 1 heterocycles. The van der Waals surface area contributed by atoms with Crippen molar-refractivity contribution < 1.29 is 39.9 Å². The number of unbranched alkanes of at least 4 members (excludes halogenated alkanes) is 1. The van der Waals surface area contributed by atoms with Crippen LogP contribution in [0.5, 0.6) is 0 Å². The van der Waals surface area contributed by atoms with E-state index in [9.17, 15) is 30.0 Å². The minimum atomic E-state index is -1.36. The number of hydrogen-bond donors (Lipinski definition) is 5. The Morgan fingerprint density at radius 2 is 1.60 bits per heavy atom. The predicted molar refractivity (Wildman–Crippen MR) is 180 cm³/mol. The Kier molecular flexibility index (Phi) is 19.3. The normalized spacial score (nSPS) is 24.6. The lowest BCUT2D eigenvalue weighted by atomic mass is 9.84. The van der Waals surface area contributed by atoms with Gasteiger partial charge < -0.3 is 30.3 Å². The Hall–Kier alpha value is -1.32. The fourth-order valence-corrected chi connectivity index (χ4v) is 6.88. The maximum absolute atomic E-state index is 12.9. The molecule has 8 nitrogen and oxygen atoms in total. The average molecular weight is 641 g/mol. The summed E-state index contributed by atoms with van der Waals surface area (Å²) in [6.45, 7) is 14.1. The van der Waals surface area contributed by atoms with Crippen molar-refractivity contribution in [2.75, 3.05) is 0 Å². The Morgan fingerprint density at radius 3 is 2.22 bits per heavy atom. The number of Topliss-reactive ketones (excluding diaryl/α,β-unsaturated/α-hetero) is 1. The van der Waals surface area contributed by atoms with Gasteiger partial charge in [0.1, 0.15) is 5.78 Å². The first-order chi connectivity index (χ1) is 21.0. The maximum atomic E-state index is 12.9. The summed E-state index contributed by atoms with van der Waals surface area (Å²) in [5.74, 6) is -1.31. The number of carbonyl (C=O) groups excluding carboxylic acids is 1. The van der Waals surface area contributed by atoms with Crippen LogP contribution in [-0.2, 0) is 14.3 Å². The minimum Gasteiger partial charge on any atom is -0.481 e. The van der Waals surface area contributed by atoms with E-state index in [1.165, 1.54) is 0 Å². The van der Waals surface area contributed by atoms with Crippen LogP contribution in [-0.4, -0.2) is 67.0 Å². The quantitative estimate of drug-likeness (QED) is 0.0521. The van der Waals surface area contributed by atoms with Crippen LogP contribution in [0.1, 0.15) is 151 Å². The third kappa shape index (κ3) is 17.4. The van der Waals surface area contributed by atoms with Gasteiger partial charge in [-0.3, -0.25) is 9.59 Å². The number of ketones is 1. The average Bonchev–Trinajstić information content (AvgIpc) is 2.94. The Morgan fingerprint density at radius 1 is 0.956 bits per heavy atom. The first-order valence-corrected chi connectivity index (χ1v) is 17.9. The minimum absolute atomic E-state index is 0.0136. The van der Waals surface area contributed by atoms with E-state index in [2.05, 4.69) is 20.8 Å². The zero-order chi connectivity index (χ0) is 34.2. The monoisotopic (exact) mass is 640 g/mol. The van der Waals surface area contributed by atoms with Crippen molar-refractivity contribution in [1.82, 2.24) is 0 Å². The highest BCUT2D eigenvalue weighted by atomic mass is 16.6. The molecule has 0 aromatic rings. The van der Waals surface area contributed by atoms with E-state index in [4.69, 9.17) is 9.84 Å². The molecule has 0 saturated carbocycles. The van der Waals surface area contributed by atoms with Crippen LogP contribution < -0.4 is 0 Å². The van der Waals surface area contributed by atoms with Gasteiger partial charge in [0.2, 0.25) is 0 Å². The molecule has 0 fully saturated rings. The summed E-state index contributed by atoms with van der Waals surface area (Å²) in [5.41, 5.74) is -0.811. The molecule has 0 bridgehead atoms. The summed E-state index contributed by atoms with van der Waals surface area (Å²) in [6, 6.07) is 0. The van der Waals surface area contributed by atoms with E-state index < -0.39 is 23.5 Å². The summed E-state index contributed by atoms with van der Waals surface area (Å²) in [7, 11) is 0. The van der Waals surface area contributed by atoms with Gasteiger partial charge in [0.05, 0.1) is 30.3 Å². The lowest BCUT2D eigenvalue weighted by molar-refractivity contribution is -0.234. The summed E-state index contributed by atoms with van der Waals surface area (Å²) in [4.78, 5) is 23.6. The molecule has 0 saturated heterocycles. The number of carboxylic acids is 1. The van der Waals surface area contributed by atoms with Gasteiger partial charge in [-0.15, -0.1) is 0 Å². The van der Waals surface area contributed by atoms with Gasteiger partial charge in [-0.25, -0.2) is 0 Å². The van der Waals surface area contributed by atoms with E-state index in [1.54, 1.807) is 6.08 Å². The number of rotatable bonds is 25. The van der Waals surface area contributed by atoms with Crippen molar-refractivity contribution >= 4 is 11.8 Å². The Balaban J connectivity index is 2.41. The number of hydrogen-bond acceptors (Lipinski definition) is 7. The molecule has 0 amide bonds. The topological polar surface area (TPSA) is 145 Å². The van der Waals surface area contributed by atoms with Crippen LogP contribution in [0.25, 0.3) is 0 Å². The first-order valence-electron chi connectivity index (χ1n) is 17.9. The fourth-order valence-electron chi connectivity index (χ4n) is 6.88. The van der Waals surface area contributed by atoms with E-state index in [-0.39, 0.29) is 48.1 Å². The first kappa shape index (κ1) is 41.7. The van der Waals surface area contributed by atoms with Crippen molar-refractivity contribution in [3.05, 3.63) is 12.2 Å². The van der Waals surface area contributed by atoms with Crippen LogP contribution in [0.15, 0.2) is 12.2 Å². The molecule has 0 aromatic carbocycles. The number of ether oxygens (including phenoxy) is 1. The molecule has 5 N–H and O–H groups in total. The van der Waals surface area contributed by atoms with Crippen molar-refractivity contribution in [3.8, 4) is 0 Å². The molecule has 8 unspecified atom stereocenters. The van der Waals surface area contributed by atoms with Gasteiger partial charge in [-0.05, 0) is 95.5 Å². The molecule has 10 atom stereocenters. The molecule has 1 rings (SSSR count). The third-order valence-corrected chi connectivity index (χ3v) is 10.2. The Bertz CT molecular complexity index is 870. The van der Waals surface area contributed by atoms with E-state index >= 15 is 0 Å². The molecule has 1 aliphatic heterocycles. The van der Waals surface area contributed by atoms with Gasteiger partial charge in [0.15, 0.2) is 5.79 Å². The fraction of sp³-hybridized carbons (Fsp3) is 0.892. The molecule has 0 radical (unpaired) electrons. The number of aliphatic hydroxyl groups is 4. The summed E-state index contributed by atoms with van der Waals surface area (Å²) < 4.78 is 6.22. The molecule has 264 valence electrons. The molecule has 1 aliphatic rings. The van der Waals surface area contributed by atoms with Crippen LogP contribution in [0, 0.1) is 29.6 Å². The molecular formula is C37H68O8. The molecule has 0 spiro atoms. The Labute approximate surface area is 274 Å². The van der Waals surface area contributed by atoms with Crippen molar-refractivity contribution in [2.45, 2.75) is 181 Å². The SMILES string of the molecule is CCC(CCC[C@@](C)(O)CCC1CC=CC(O)(C(C)CC(C)CCC(=O)C(C)C[C@H](C)CCCCC(O)CC(=O)O)O1)C(C)O. The second-order valence-corrected chi connectivity index (χ2v) is 15.0. The van der Waals surface area contributed by atoms with Crippen LogP contribution in [0.2, 0.25) is 0 Å². The van der Waals surface area contributed by atoms with Crippen molar-refractivity contribution in [3.63, 3.8) is 0 Å². The van der Waals surface area contributed by atoms with Gasteiger partial charge in [-0.1, -0.05) is 72.8 Å². The largest absolute Gasteiger partial charge is 0.481 e. The maximum Gasteiger partial charge on any atom is 0.305 e. The van der Waals surface area contributed by atoms with Gasteiger partial charge in [-0.2, -0.15) is 0 Å². The van der Waals surface area contributed by atoms with Gasteiger partial charge >= 0.3 is 5.97 Å². The van der Waals surface area contributed by atoms with Crippen LogP contribution in [0.3, 0.4) is 0 Å². The predicted octanol–water partition coefficient (Wildman–Crippen LogP) is 7.20. The standard InChI is InChI=1S/C37H68O8/c1-8-31(30(6)38)14-11-20-36(7,43)22-19-33-16-12-21-37(44,45-33)29(5)24-27(3)17-18-34(40)28(4)23-26(2)13-9-10-15-32(39)25-35(41)42/h12,21,26-33,38-39,43-44H,8-11,13-20,22-25H2,1-7H3,(H,41,42)/t26-,27?,28?,29?,30?,31?,32?,33?,36-,37?/m1/s1. The number of aliphatic carboxylic acids is 1. The number of aliphatic hydroxyl groups excluding tert-OH is 2.